The number of nitrogens with zero attached hydrogens (tertiary/aromatic N) is 5. The zero-order valence-electron chi connectivity index (χ0n) is 27.2. The van der Waals surface area contributed by atoms with Crippen LogP contribution in [0.5, 0.6) is 0 Å². The van der Waals surface area contributed by atoms with E-state index in [4.69, 9.17) is 0 Å². The molecule has 0 spiro atoms. The van der Waals surface area contributed by atoms with Gasteiger partial charge >= 0.3 is 12.1 Å². The number of piperidine rings is 2. The molecule has 46 heavy (non-hydrogen) atoms. The summed E-state index contributed by atoms with van der Waals surface area (Å²) in [7, 11) is 0. The van der Waals surface area contributed by atoms with Crippen molar-refractivity contribution < 1.29 is 14.4 Å². The number of likely N-dealkylation sites (tertiary alicyclic amines) is 2. The second-order valence-electron chi connectivity index (χ2n) is 13.1. The maximum Gasteiger partial charge on any atom is 0.322 e. The third kappa shape index (κ3) is 7.30. The van der Waals surface area contributed by atoms with Gasteiger partial charge < -0.3 is 30.2 Å². The smallest absolute Gasteiger partial charge is 0.322 e. The number of rotatable bonds is 10. The lowest BCUT2D eigenvalue weighted by atomic mass is 10.0. The number of carbonyl (C=O) groups is 3. The van der Waals surface area contributed by atoms with Crippen molar-refractivity contribution in [1.29, 1.82) is 0 Å². The third-order valence-corrected chi connectivity index (χ3v) is 10.1. The second kappa shape index (κ2) is 14.5. The molecule has 2 aromatic carbocycles. The summed E-state index contributed by atoms with van der Waals surface area (Å²) >= 11 is 0. The number of aromatic nitrogens is 2. The van der Waals surface area contributed by atoms with E-state index in [1.807, 2.05) is 59.2 Å². The van der Waals surface area contributed by atoms with Crippen molar-refractivity contribution in [3.63, 3.8) is 0 Å². The summed E-state index contributed by atoms with van der Waals surface area (Å²) in [6.07, 6.45) is 8.24. The van der Waals surface area contributed by atoms with Crippen molar-refractivity contribution in [1.82, 2.24) is 35.1 Å². The monoisotopic (exact) mass is 628 g/mol. The van der Waals surface area contributed by atoms with Crippen LogP contribution in [0.1, 0.15) is 63.5 Å². The first-order valence-electron chi connectivity index (χ1n) is 17.1. The molecule has 3 aromatic rings. The maximum absolute atomic E-state index is 14.1. The molecule has 1 aromatic heterocycles. The molecule has 0 bridgehead atoms. The highest BCUT2D eigenvalue weighted by atomic mass is 16.2. The van der Waals surface area contributed by atoms with Gasteiger partial charge in [-0.05, 0) is 88.4 Å². The minimum absolute atomic E-state index is 0.0486. The highest BCUT2D eigenvalue weighted by Gasteiger charge is 2.34. The van der Waals surface area contributed by atoms with Crippen molar-refractivity contribution in [3.8, 4) is 0 Å². The van der Waals surface area contributed by atoms with Gasteiger partial charge in [0.2, 0.25) is 5.91 Å². The third-order valence-electron chi connectivity index (χ3n) is 10.1. The van der Waals surface area contributed by atoms with Crippen LogP contribution >= 0.6 is 0 Å². The highest BCUT2D eigenvalue weighted by molar-refractivity contribution is 5.92. The molecular weight excluding hydrogens is 580 g/mol. The van der Waals surface area contributed by atoms with Crippen LogP contribution in [-0.4, -0.2) is 105 Å². The van der Waals surface area contributed by atoms with Crippen LogP contribution < -0.4 is 10.6 Å². The fourth-order valence-corrected chi connectivity index (χ4v) is 7.22. The van der Waals surface area contributed by atoms with Gasteiger partial charge in [-0.15, -0.1) is 0 Å². The minimum Gasteiger partial charge on any atom is -0.341 e. The second-order valence-corrected chi connectivity index (χ2v) is 13.1. The van der Waals surface area contributed by atoms with Crippen LogP contribution in [-0.2, 0) is 17.8 Å². The number of anilines is 1. The molecular formula is C35H48N8O3. The van der Waals surface area contributed by atoms with Gasteiger partial charge in [0.15, 0.2) is 0 Å². The van der Waals surface area contributed by atoms with E-state index in [1.165, 1.54) is 19.3 Å². The van der Waals surface area contributed by atoms with Crippen molar-refractivity contribution in [2.75, 3.05) is 44.6 Å². The van der Waals surface area contributed by atoms with E-state index in [2.05, 4.69) is 32.7 Å². The average Bonchev–Trinajstić information content (AvgIpc) is 3.56. The highest BCUT2D eigenvalue weighted by Crippen LogP contribution is 2.28. The van der Waals surface area contributed by atoms with E-state index in [-0.39, 0.29) is 24.0 Å². The summed E-state index contributed by atoms with van der Waals surface area (Å²) in [6, 6.07) is 13.3. The van der Waals surface area contributed by atoms with E-state index in [0.29, 0.717) is 58.0 Å². The molecule has 3 aliphatic rings. The number of hydrogen-bond donors (Lipinski definition) is 3. The van der Waals surface area contributed by atoms with Gasteiger partial charge in [-0.3, -0.25) is 9.89 Å². The van der Waals surface area contributed by atoms with Crippen molar-refractivity contribution in [2.45, 2.75) is 83.5 Å². The first kappa shape index (κ1) is 31.8. The van der Waals surface area contributed by atoms with Gasteiger partial charge in [0.05, 0.1) is 11.7 Å². The number of H-pyrrole nitrogens is 1. The molecule has 5 amide bonds. The van der Waals surface area contributed by atoms with Crippen LogP contribution in [0.3, 0.4) is 0 Å². The molecule has 1 unspecified atom stereocenters. The normalized spacial score (nSPS) is 19.0. The number of fused-ring (bicyclic) bond motifs is 2. The van der Waals surface area contributed by atoms with Crippen molar-refractivity contribution in [2.24, 2.45) is 0 Å². The Hall–Kier alpha value is -4.12. The summed E-state index contributed by atoms with van der Waals surface area (Å²) in [5, 5.41) is 14.2. The van der Waals surface area contributed by atoms with E-state index in [0.717, 1.165) is 47.2 Å². The van der Waals surface area contributed by atoms with Crippen LogP contribution in [0.4, 0.5) is 15.3 Å². The van der Waals surface area contributed by atoms with E-state index in [1.54, 1.807) is 11.1 Å². The van der Waals surface area contributed by atoms with E-state index >= 15 is 0 Å². The number of para-hydroxylation sites is 1. The molecule has 2 fully saturated rings. The van der Waals surface area contributed by atoms with Gasteiger partial charge in [0.1, 0.15) is 6.04 Å². The molecule has 3 aliphatic heterocycles. The number of amides is 5. The molecule has 6 rings (SSSR count). The summed E-state index contributed by atoms with van der Waals surface area (Å²) in [4.78, 5) is 48.8. The van der Waals surface area contributed by atoms with Crippen LogP contribution in [0.25, 0.3) is 10.9 Å². The summed E-state index contributed by atoms with van der Waals surface area (Å²) in [5.74, 6) is -0.0486. The summed E-state index contributed by atoms with van der Waals surface area (Å²) in [5.41, 5.74) is 3.87. The first-order chi connectivity index (χ1) is 22.4. The number of aromatic amines is 1. The average molecular weight is 629 g/mol. The molecule has 2 atom stereocenters. The topological polar surface area (TPSA) is 117 Å². The maximum atomic E-state index is 14.1. The zero-order valence-corrected chi connectivity index (χ0v) is 27.2. The Morgan fingerprint density at radius 1 is 1.07 bits per heavy atom. The predicted molar refractivity (Wildman–Crippen MR) is 179 cm³/mol. The fraction of sp³-hybridized carbons (Fsp3) is 0.543. The number of urea groups is 2. The van der Waals surface area contributed by atoms with Crippen LogP contribution in [0.2, 0.25) is 0 Å². The minimum atomic E-state index is -0.691. The molecule has 246 valence electrons. The Bertz CT molecular complexity index is 1510. The van der Waals surface area contributed by atoms with Crippen molar-refractivity contribution >= 4 is 34.6 Å². The van der Waals surface area contributed by atoms with Gasteiger partial charge in [-0.1, -0.05) is 30.7 Å². The van der Waals surface area contributed by atoms with E-state index < -0.39 is 6.04 Å². The molecule has 3 N–H and O–H groups in total. The van der Waals surface area contributed by atoms with Gasteiger partial charge in [0.25, 0.3) is 0 Å². The zero-order chi connectivity index (χ0) is 32.0. The van der Waals surface area contributed by atoms with Crippen LogP contribution in [0, 0.1) is 0 Å². The van der Waals surface area contributed by atoms with E-state index in [9.17, 15) is 14.4 Å². The Balaban J connectivity index is 1.10. The lowest BCUT2D eigenvalue weighted by Crippen LogP contribution is -2.56. The number of nitrogens with one attached hydrogen (secondary N) is 3. The predicted octanol–water partition coefficient (Wildman–Crippen LogP) is 4.81. The molecule has 2 saturated heterocycles. The Labute approximate surface area is 271 Å². The molecule has 0 radical (unpaired) electrons. The largest absolute Gasteiger partial charge is 0.341 e. The number of hydrogen-bond acceptors (Lipinski definition) is 5. The molecule has 0 saturated carbocycles. The molecule has 11 nitrogen and oxygen atoms in total. The fourth-order valence-electron chi connectivity index (χ4n) is 7.22. The number of benzene rings is 2. The number of carbonyl (C=O) groups excluding carboxylic acids is 3. The summed E-state index contributed by atoms with van der Waals surface area (Å²) in [6.45, 7) is 9.39. The SMILES string of the molecule is CCN(CCC(C)N1CCCCC1)C(=O)[C@@H](Cc1ccc2[nH]ncc2c1)NC(=O)N1CCC(N2Cc3ccccc3NC2=O)CC1. The molecule has 4 heterocycles. The Kier molecular flexibility index (Phi) is 10.1. The molecule has 11 heteroatoms. The number of likely N-dealkylation sites (N-methyl/N-ethyl adjacent to an activating group) is 1. The standard InChI is InChI=1S/C35H48N8O3/c1-3-40(18-13-25(2)41-16-7-4-8-17-41)33(44)32(22-26-11-12-31-28(21-26)23-36-39-31)38-34(45)42-19-14-29(15-20-42)43-24-27-9-5-6-10-30(27)37-35(43)46/h5-6,9-12,21,23,25,29,32H,3-4,7-8,13-20,22,24H2,1-2H3,(H,36,39)(H,37,46)(H,38,45)/t25?,32-/m1/s1. The Morgan fingerprint density at radius 3 is 2.63 bits per heavy atom. The van der Waals surface area contributed by atoms with Gasteiger partial charge in [-0.2, -0.15) is 5.10 Å². The lowest BCUT2D eigenvalue weighted by Gasteiger charge is -2.41. The van der Waals surface area contributed by atoms with Crippen LogP contribution in [0.15, 0.2) is 48.7 Å². The molecule has 0 aliphatic carbocycles. The van der Waals surface area contributed by atoms with Crippen molar-refractivity contribution in [3.05, 3.63) is 59.8 Å². The Morgan fingerprint density at radius 2 is 1.85 bits per heavy atom. The quantitative estimate of drug-likeness (QED) is 0.298. The van der Waals surface area contributed by atoms with Gasteiger partial charge in [-0.25, -0.2) is 9.59 Å². The lowest BCUT2D eigenvalue weighted by molar-refractivity contribution is -0.133. The summed E-state index contributed by atoms with van der Waals surface area (Å²) < 4.78 is 0. The van der Waals surface area contributed by atoms with Gasteiger partial charge in [0, 0.05) is 62.3 Å². The first-order valence-corrected chi connectivity index (χ1v) is 17.1.